The van der Waals surface area contributed by atoms with Crippen molar-refractivity contribution < 1.29 is 13.2 Å². The van der Waals surface area contributed by atoms with E-state index >= 15 is 0 Å². The van der Waals surface area contributed by atoms with Gasteiger partial charge >= 0.3 is 0 Å². The molecule has 5 nitrogen and oxygen atoms in total. The first-order valence-corrected chi connectivity index (χ1v) is 10.7. The fraction of sp³-hybridized carbons (Fsp3) is 0.235. The average Bonchev–Trinajstić information content (AvgIpc) is 2.55. The molecule has 0 aliphatic carbocycles. The minimum absolute atomic E-state index is 0.157. The Labute approximate surface area is 160 Å². The smallest absolute Gasteiger partial charge is 0.240 e. The molecule has 0 atom stereocenters. The van der Waals surface area contributed by atoms with Crippen molar-refractivity contribution in [3.8, 4) is 0 Å². The molecular weight excluding hydrogens is 424 g/mol. The number of thioether (sulfide) groups is 1. The highest BCUT2D eigenvalue weighted by Crippen LogP contribution is 2.26. The quantitative estimate of drug-likeness (QED) is 0.668. The number of halogens is 1. The number of hydrogen-bond donors (Lipinski definition) is 2. The van der Waals surface area contributed by atoms with Gasteiger partial charge in [-0.05, 0) is 62.4 Å². The highest BCUT2D eigenvalue weighted by molar-refractivity contribution is 9.10. The molecule has 25 heavy (non-hydrogen) atoms. The summed E-state index contributed by atoms with van der Waals surface area (Å²) in [5.74, 6) is 0.0498. The van der Waals surface area contributed by atoms with Crippen LogP contribution in [0.15, 0.2) is 50.7 Å². The highest BCUT2D eigenvalue weighted by Gasteiger charge is 2.16. The van der Waals surface area contributed by atoms with Crippen LogP contribution in [-0.2, 0) is 14.8 Å². The molecule has 0 saturated heterocycles. The van der Waals surface area contributed by atoms with Crippen molar-refractivity contribution in [1.82, 2.24) is 4.72 Å². The number of carbonyl (C=O) groups is 1. The van der Waals surface area contributed by atoms with Gasteiger partial charge in [-0.1, -0.05) is 22.0 Å². The van der Waals surface area contributed by atoms with Crippen LogP contribution in [0.1, 0.15) is 11.1 Å². The lowest BCUT2D eigenvalue weighted by molar-refractivity contribution is -0.113. The van der Waals surface area contributed by atoms with Crippen molar-refractivity contribution in [1.29, 1.82) is 0 Å². The monoisotopic (exact) mass is 442 g/mol. The molecule has 134 valence electrons. The van der Waals surface area contributed by atoms with Gasteiger partial charge in [0.05, 0.1) is 10.6 Å². The number of carbonyl (C=O) groups excluding carboxylic acids is 1. The minimum Gasteiger partial charge on any atom is -0.325 e. The van der Waals surface area contributed by atoms with Crippen LogP contribution in [0.2, 0.25) is 0 Å². The molecule has 0 heterocycles. The lowest BCUT2D eigenvalue weighted by atomic mass is 10.2. The van der Waals surface area contributed by atoms with E-state index in [4.69, 9.17) is 0 Å². The molecule has 0 bridgehead atoms. The first-order chi connectivity index (χ1) is 11.7. The summed E-state index contributed by atoms with van der Waals surface area (Å²) in [7, 11) is -2.20. The van der Waals surface area contributed by atoms with Crippen molar-refractivity contribution in [3.05, 3.63) is 52.0 Å². The number of nitrogens with one attached hydrogen (secondary N) is 2. The van der Waals surface area contributed by atoms with Gasteiger partial charge in [-0.3, -0.25) is 4.79 Å². The van der Waals surface area contributed by atoms with E-state index in [0.717, 1.165) is 14.9 Å². The highest BCUT2D eigenvalue weighted by atomic mass is 79.9. The Morgan fingerprint density at radius 1 is 1.12 bits per heavy atom. The molecule has 0 spiro atoms. The SMILES string of the molecule is CNS(=O)(=O)c1cc(NC(=O)CSc2ccc(Br)cc2C)ccc1C. The number of amides is 1. The van der Waals surface area contributed by atoms with Gasteiger partial charge < -0.3 is 5.32 Å². The van der Waals surface area contributed by atoms with Gasteiger partial charge in [-0.25, -0.2) is 13.1 Å². The molecule has 0 aromatic heterocycles. The number of aryl methyl sites for hydroxylation is 2. The summed E-state index contributed by atoms with van der Waals surface area (Å²) in [6, 6.07) is 10.7. The van der Waals surface area contributed by atoms with E-state index in [-0.39, 0.29) is 16.6 Å². The topological polar surface area (TPSA) is 75.3 Å². The standard InChI is InChI=1S/C17H19BrN2O3S2/c1-11-4-6-14(9-16(11)25(22,23)19-3)20-17(21)10-24-15-7-5-13(18)8-12(15)2/h4-9,19H,10H2,1-3H3,(H,20,21). The van der Waals surface area contributed by atoms with Gasteiger partial charge in [0.15, 0.2) is 0 Å². The van der Waals surface area contributed by atoms with Crippen LogP contribution in [-0.4, -0.2) is 27.1 Å². The molecule has 0 aliphatic rings. The normalized spacial score (nSPS) is 11.4. The van der Waals surface area contributed by atoms with E-state index in [1.165, 1.54) is 24.9 Å². The zero-order valence-corrected chi connectivity index (χ0v) is 17.3. The van der Waals surface area contributed by atoms with Gasteiger partial charge in [0.25, 0.3) is 0 Å². The van der Waals surface area contributed by atoms with Crippen LogP contribution < -0.4 is 10.0 Å². The van der Waals surface area contributed by atoms with E-state index in [0.29, 0.717) is 11.3 Å². The average molecular weight is 443 g/mol. The number of hydrogen-bond acceptors (Lipinski definition) is 4. The summed E-state index contributed by atoms with van der Waals surface area (Å²) in [5, 5.41) is 2.75. The summed E-state index contributed by atoms with van der Waals surface area (Å²) in [4.78, 5) is 13.4. The Kier molecular flexibility index (Phi) is 6.67. The Balaban J connectivity index is 2.07. The number of benzene rings is 2. The summed E-state index contributed by atoms with van der Waals surface area (Å²) in [6.07, 6.45) is 0. The van der Waals surface area contributed by atoms with Gasteiger partial charge in [-0.2, -0.15) is 0 Å². The maximum absolute atomic E-state index is 12.2. The summed E-state index contributed by atoms with van der Waals surface area (Å²) >= 11 is 4.85. The fourth-order valence-electron chi connectivity index (χ4n) is 2.19. The van der Waals surface area contributed by atoms with Crippen molar-refractivity contribution in [2.45, 2.75) is 23.6 Å². The predicted octanol–water partition coefficient (Wildman–Crippen LogP) is 3.70. The maximum atomic E-state index is 12.2. The molecule has 2 N–H and O–H groups in total. The van der Waals surface area contributed by atoms with E-state index < -0.39 is 10.0 Å². The zero-order valence-electron chi connectivity index (χ0n) is 14.1. The second kappa shape index (κ2) is 8.35. The second-order valence-electron chi connectivity index (χ2n) is 5.43. The number of rotatable bonds is 6. The lowest BCUT2D eigenvalue weighted by Crippen LogP contribution is -2.20. The van der Waals surface area contributed by atoms with Crippen molar-refractivity contribution in [2.75, 3.05) is 18.1 Å². The molecule has 2 aromatic rings. The van der Waals surface area contributed by atoms with Crippen LogP contribution >= 0.6 is 27.7 Å². The van der Waals surface area contributed by atoms with E-state index in [1.54, 1.807) is 19.1 Å². The molecular formula is C17H19BrN2O3S2. The number of sulfonamides is 1. The van der Waals surface area contributed by atoms with Crippen molar-refractivity contribution >= 4 is 49.3 Å². The van der Waals surface area contributed by atoms with E-state index in [1.807, 2.05) is 25.1 Å². The van der Waals surface area contributed by atoms with E-state index in [9.17, 15) is 13.2 Å². The molecule has 0 unspecified atom stereocenters. The van der Waals surface area contributed by atoms with Crippen LogP contribution in [0.25, 0.3) is 0 Å². The molecule has 2 rings (SSSR count). The lowest BCUT2D eigenvalue weighted by Gasteiger charge is -2.11. The van der Waals surface area contributed by atoms with Gasteiger partial charge in [0.1, 0.15) is 0 Å². The first kappa shape index (κ1) is 20.0. The summed E-state index contributed by atoms with van der Waals surface area (Å²) < 4.78 is 27.3. The third kappa shape index (κ3) is 5.31. The minimum atomic E-state index is -3.56. The Bertz CT molecular complexity index is 899. The molecule has 0 saturated carbocycles. The maximum Gasteiger partial charge on any atom is 0.240 e. The van der Waals surface area contributed by atoms with E-state index in [2.05, 4.69) is 26.0 Å². The zero-order chi connectivity index (χ0) is 18.6. The largest absolute Gasteiger partial charge is 0.325 e. The Morgan fingerprint density at radius 3 is 2.48 bits per heavy atom. The summed E-state index contributed by atoms with van der Waals surface area (Å²) in [6.45, 7) is 3.70. The number of anilines is 1. The molecule has 0 radical (unpaired) electrons. The third-order valence-electron chi connectivity index (χ3n) is 3.53. The Morgan fingerprint density at radius 2 is 1.84 bits per heavy atom. The summed E-state index contributed by atoms with van der Waals surface area (Å²) in [5.41, 5.74) is 2.16. The van der Waals surface area contributed by atoms with Crippen LogP contribution in [0.3, 0.4) is 0 Å². The molecule has 0 fully saturated rings. The van der Waals surface area contributed by atoms with Gasteiger partial charge in [0, 0.05) is 15.1 Å². The molecule has 0 aliphatic heterocycles. The van der Waals surface area contributed by atoms with Crippen LogP contribution in [0.4, 0.5) is 5.69 Å². The Hall–Kier alpha value is -1.35. The van der Waals surface area contributed by atoms with Crippen molar-refractivity contribution in [2.24, 2.45) is 0 Å². The predicted molar refractivity (Wildman–Crippen MR) is 106 cm³/mol. The molecule has 2 aromatic carbocycles. The fourth-order valence-corrected chi connectivity index (χ4v) is 4.47. The second-order valence-corrected chi connectivity index (χ2v) is 9.22. The molecule has 8 heteroatoms. The van der Waals surface area contributed by atoms with Crippen molar-refractivity contribution in [3.63, 3.8) is 0 Å². The van der Waals surface area contributed by atoms with Crippen LogP contribution in [0, 0.1) is 13.8 Å². The van der Waals surface area contributed by atoms with Gasteiger partial charge in [0.2, 0.25) is 15.9 Å². The first-order valence-electron chi connectivity index (χ1n) is 7.46. The molecule has 1 amide bonds. The van der Waals surface area contributed by atoms with Gasteiger partial charge in [-0.15, -0.1) is 11.8 Å². The van der Waals surface area contributed by atoms with Crippen LogP contribution in [0.5, 0.6) is 0 Å². The third-order valence-corrected chi connectivity index (χ3v) is 6.75.